The Labute approximate surface area is 262 Å². The number of anilines is 2. The molecule has 0 spiro atoms. The summed E-state index contributed by atoms with van der Waals surface area (Å²) in [6.07, 6.45) is 4.58. The summed E-state index contributed by atoms with van der Waals surface area (Å²) in [5.74, 6) is -0.216. The summed E-state index contributed by atoms with van der Waals surface area (Å²) in [7, 11) is 1.73. The highest BCUT2D eigenvalue weighted by Crippen LogP contribution is 2.31. The fourth-order valence-corrected chi connectivity index (χ4v) is 6.54. The largest absolute Gasteiger partial charge is 0.370 e. The van der Waals surface area contributed by atoms with Crippen LogP contribution in [-0.2, 0) is 16.1 Å². The molecule has 3 aromatic carbocycles. The number of likely N-dealkylation sites (N-methyl/N-ethyl adjacent to an activating group) is 1. The van der Waals surface area contributed by atoms with Gasteiger partial charge in [-0.25, -0.2) is 0 Å². The van der Waals surface area contributed by atoms with Gasteiger partial charge in [-0.15, -0.1) is 0 Å². The third kappa shape index (κ3) is 6.34. The van der Waals surface area contributed by atoms with E-state index in [2.05, 4.69) is 22.5 Å². The van der Waals surface area contributed by atoms with Crippen LogP contribution in [0.5, 0.6) is 0 Å². The molecule has 232 valence electrons. The molecule has 1 aromatic heterocycles. The number of hydrogen-bond acceptors (Lipinski definition) is 5. The van der Waals surface area contributed by atoms with Crippen LogP contribution in [0.1, 0.15) is 77.2 Å². The first-order valence-electron chi connectivity index (χ1n) is 15.6. The standard InChI is InChI=1S/C36H39N5O4/c1-22-6-13-32(42)38-27-10-12-30(35(44)41-16-4-5-17-41)26(19-27)21-40(3)36(45)33(25-8-11-29(22)23(2)18-25)39-28-9-7-24-14-15-37-34(43)31(24)20-28/h7-12,14-15,18-20,22,33,39H,4-6,13,16-17,21H2,1-3H3,(H,37,43)(H,38,42)/t22-,33?/m0/s1. The van der Waals surface area contributed by atoms with Gasteiger partial charge in [0.1, 0.15) is 6.04 Å². The minimum absolute atomic E-state index is 0.0632. The Morgan fingerprint density at radius 1 is 0.956 bits per heavy atom. The molecule has 3 aliphatic rings. The SMILES string of the molecule is Cc1cc2ccc1[C@@H](C)CCC(=O)Nc1ccc(C(=O)N3CCCC3)c(c1)CN(C)C(=O)C2Nc1ccc2cc[nH]c(=O)c2c1. The summed E-state index contributed by atoms with van der Waals surface area (Å²) in [5, 5.41) is 7.76. The van der Waals surface area contributed by atoms with Crippen molar-refractivity contribution in [3.63, 3.8) is 0 Å². The minimum Gasteiger partial charge on any atom is -0.370 e. The Morgan fingerprint density at radius 2 is 1.76 bits per heavy atom. The van der Waals surface area contributed by atoms with Crippen molar-refractivity contribution in [1.82, 2.24) is 14.8 Å². The zero-order valence-corrected chi connectivity index (χ0v) is 26.0. The molecule has 2 atom stereocenters. The molecule has 9 nitrogen and oxygen atoms in total. The van der Waals surface area contributed by atoms with E-state index in [1.54, 1.807) is 36.3 Å². The molecular weight excluding hydrogens is 566 g/mol. The lowest BCUT2D eigenvalue weighted by molar-refractivity contribution is -0.131. The zero-order chi connectivity index (χ0) is 31.7. The highest BCUT2D eigenvalue weighted by Gasteiger charge is 2.28. The number of aromatic amines is 1. The molecule has 0 aliphatic carbocycles. The quantitative estimate of drug-likeness (QED) is 0.276. The predicted molar refractivity (Wildman–Crippen MR) is 176 cm³/mol. The molecule has 1 saturated heterocycles. The smallest absolute Gasteiger partial charge is 0.255 e. The third-order valence-electron chi connectivity index (χ3n) is 9.09. The summed E-state index contributed by atoms with van der Waals surface area (Å²) in [6.45, 7) is 5.72. The van der Waals surface area contributed by atoms with Crippen molar-refractivity contribution in [1.29, 1.82) is 0 Å². The van der Waals surface area contributed by atoms with Crippen molar-refractivity contribution >= 4 is 39.9 Å². The number of rotatable bonds is 3. The van der Waals surface area contributed by atoms with Gasteiger partial charge in [0.25, 0.3) is 11.5 Å². The molecule has 3 aliphatic heterocycles. The summed E-state index contributed by atoms with van der Waals surface area (Å²) in [4.78, 5) is 59.6. The maximum atomic E-state index is 14.4. The highest BCUT2D eigenvalue weighted by molar-refractivity contribution is 5.98. The minimum atomic E-state index is -0.758. The molecule has 0 radical (unpaired) electrons. The van der Waals surface area contributed by atoms with Gasteiger partial charge >= 0.3 is 0 Å². The van der Waals surface area contributed by atoms with Crippen molar-refractivity contribution in [3.05, 3.63) is 105 Å². The number of aryl methyl sites for hydroxylation is 1. The Morgan fingerprint density at radius 3 is 2.53 bits per heavy atom. The van der Waals surface area contributed by atoms with Gasteiger partial charge in [-0.1, -0.05) is 31.2 Å². The van der Waals surface area contributed by atoms with Crippen LogP contribution in [0, 0.1) is 6.92 Å². The number of fused-ring (bicyclic) bond motifs is 10. The lowest BCUT2D eigenvalue weighted by Gasteiger charge is -2.28. The predicted octanol–water partition coefficient (Wildman–Crippen LogP) is 5.72. The van der Waals surface area contributed by atoms with Crippen molar-refractivity contribution < 1.29 is 14.4 Å². The van der Waals surface area contributed by atoms with Crippen molar-refractivity contribution in [3.8, 4) is 0 Å². The fourth-order valence-electron chi connectivity index (χ4n) is 6.54. The van der Waals surface area contributed by atoms with E-state index in [-0.39, 0.29) is 35.7 Å². The molecule has 4 heterocycles. The van der Waals surface area contributed by atoms with Crippen LogP contribution in [0.4, 0.5) is 11.4 Å². The average Bonchev–Trinajstić information content (AvgIpc) is 3.57. The molecule has 0 saturated carbocycles. The van der Waals surface area contributed by atoms with E-state index in [0.29, 0.717) is 53.8 Å². The number of H-pyrrole nitrogens is 1. The van der Waals surface area contributed by atoms with Gasteiger partial charge in [0.05, 0.1) is 0 Å². The van der Waals surface area contributed by atoms with Gasteiger partial charge in [0.2, 0.25) is 11.8 Å². The number of carbonyl (C=O) groups excluding carboxylic acids is 3. The average molecular weight is 606 g/mol. The third-order valence-corrected chi connectivity index (χ3v) is 9.09. The molecule has 1 fully saturated rings. The summed E-state index contributed by atoms with van der Waals surface area (Å²) >= 11 is 0. The van der Waals surface area contributed by atoms with E-state index in [9.17, 15) is 19.2 Å². The number of nitrogens with zero attached hydrogens (tertiary/aromatic N) is 2. The zero-order valence-electron chi connectivity index (χ0n) is 26.0. The number of hydrogen-bond donors (Lipinski definition) is 3. The van der Waals surface area contributed by atoms with Crippen LogP contribution < -0.4 is 16.2 Å². The molecule has 1 unspecified atom stereocenters. The second-order valence-electron chi connectivity index (χ2n) is 12.4. The molecular formula is C36H39N5O4. The van der Waals surface area contributed by atoms with Gasteiger partial charge < -0.3 is 25.4 Å². The monoisotopic (exact) mass is 605 g/mol. The van der Waals surface area contributed by atoms with E-state index < -0.39 is 6.04 Å². The number of nitrogens with one attached hydrogen (secondary N) is 3. The number of pyridine rings is 1. The van der Waals surface area contributed by atoms with Crippen molar-refractivity contribution in [2.75, 3.05) is 30.8 Å². The topological polar surface area (TPSA) is 115 Å². The van der Waals surface area contributed by atoms with E-state index in [0.717, 1.165) is 34.9 Å². The molecule has 3 N–H and O–H groups in total. The van der Waals surface area contributed by atoms with E-state index in [1.165, 1.54) is 0 Å². The van der Waals surface area contributed by atoms with Gasteiger partial charge in [0, 0.05) is 61.6 Å². The molecule has 9 heteroatoms. The van der Waals surface area contributed by atoms with Crippen LogP contribution in [0.25, 0.3) is 10.8 Å². The van der Waals surface area contributed by atoms with E-state index >= 15 is 0 Å². The summed E-state index contributed by atoms with van der Waals surface area (Å²) < 4.78 is 0. The number of benzene rings is 3. The lowest BCUT2D eigenvalue weighted by atomic mass is 9.89. The van der Waals surface area contributed by atoms with Gasteiger partial charge in [-0.05, 0) is 96.1 Å². The molecule has 45 heavy (non-hydrogen) atoms. The summed E-state index contributed by atoms with van der Waals surface area (Å²) in [5.41, 5.74) is 5.19. The van der Waals surface area contributed by atoms with Crippen LogP contribution in [0.15, 0.2) is 71.7 Å². The highest BCUT2D eigenvalue weighted by atomic mass is 16.2. The number of carbonyl (C=O) groups is 3. The number of amides is 3. The molecule has 7 rings (SSSR count). The molecule has 4 aromatic rings. The fraction of sp³-hybridized carbons (Fsp3) is 0.333. The Kier molecular flexibility index (Phi) is 8.43. The van der Waals surface area contributed by atoms with Gasteiger partial charge in [-0.2, -0.15) is 0 Å². The number of likely N-dealkylation sites (tertiary alicyclic amines) is 1. The second kappa shape index (κ2) is 12.6. The first kappa shape index (κ1) is 30.1. The first-order chi connectivity index (χ1) is 21.7. The van der Waals surface area contributed by atoms with Crippen LogP contribution in [0.3, 0.4) is 0 Å². The summed E-state index contributed by atoms with van der Waals surface area (Å²) in [6, 6.07) is 18.0. The Hall–Kier alpha value is -4.92. The molecule has 3 amide bonds. The molecule has 4 bridgehead atoms. The Bertz CT molecular complexity index is 1840. The van der Waals surface area contributed by atoms with Gasteiger partial charge in [-0.3, -0.25) is 19.2 Å². The van der Waals surface area contributed by atoms with E-state index in [1.807, 2.05) is 54.3 Å². The van der Waals surface area contributed by atoms with E-state index in [4.69, 9.17) is 0 Å². The Balaban J connectivity index is 1.41. The second-order valence-corrected chi connectivity index (χ2v) is 12.4. The van der Waals surface area contributed by atoms with Gasteiger partial charge in [0.15, 0.2) is 0 Å². The van der Waals surface area contributed by atoms with Crippen molar-refractivity contribution in [2.45, 2.75) is 58.0 Å². The normalized spacial score (nSPS) is 19.2. The first-order valence-corrected chi connectivity index (χ1v) is 15.6. The van der Waals surface area contributed by atoms with Crippen LogP contribution >= 0.6 is 0 Å². The number of aromatic nitrogens is 1. The van der Waals surface area contributed by atoms with Crippen molar-refractivity contribution in [2.24, 2.45) is 0 Å². The maximum Gasteiger partial charge on any atom is 0.255 e. The van der Waals surface area contributed by atoms with Crippen LogP contribution in [0.2, 0.25) is 0 Å². The maximum absolute atomic E-state index is 14.4. The lowest BCUT2D eigenvalue weighted by Crippen LogP contribution is -2.36. The van der Waals surface area contributed by atoms with Crippen LogP contribution in [-0.4, -0.2) is 52.6 Å².